The number of carbonyl (C=O) groups is 1. The van der Waals surface area contributed by atoms with Gasteiger partial charge in [0.15, 0.2) is 0 Å². The van der Waals surface area contributed by atoms with Gasteiger partial charge in [0.25, 0.3) is 0 Å². The van der Waals surface area contributed by atoms with E-state index >= 15 is 0 Å². The number of nitrogens with one attached hydrogen (secondary N) is 1. The number of ether oxygens (including phenoxy) is 1. The van der Waals surface area contributed by atoms with Crippen molar-refractivity contribution in [3.8, 4) is 0 Å². The molecule has 5 nitrogen and oxygen atoms in total. The number of esters is 1. The van der Waals surface area contributed by atoms with E-state index in [4.69, 9.17) is 0 Å². The first-order valence-corrected chi connectivity index (χ1v) is 7.22. The molecule has 1 aliphatic heterocycles. The lowest BCUT2D eigenvalue weighted by atomic mass is 10.2. The Morgan fingerprint density at radius 3 is 3.05 bits per heavy atom. The predicted octanol–water partition coefficient (Wildman–Crippen LogP) is 1.44. The van der Waals surface area contributed by atoms with E-state index in [0.717, 1.165) is 25.3 Å². The van der Waals surface area contributed by atoms with Crippen LogP contribution in [0.1, 0.15) is 35.8 Å². The van der Waals surface area contributed by atoms with E-state index in [1.54, 1.807) is 12.3 Å². The fourth-order valence-electron chi connectivity index (χ4n) is 2.68. The molecular formula is C15H23N3O2. The summed E-state index contributed by atoms with van der Waals surface area (Å²) >= 11 is 0. The Balaban J connectivity index is 1.78. The molecule has 0 aromatic carbocycles. The summed E-state index contributed by atoms with van der Waals surface area (Å²) in [7, 11) is 1.37. The minimum absolute atomic E-state index is 0.346. The zero-order valence-electron chi connectivity index (χ0n) is 12.3. The normalized spacial score (nSPS) is 19.2. The van der Waals surface area contributed by atoms with Crippen LogP contribution in [0, 0.1) is 0 Å². The molecule has 1 aromatic rings. The third kappa shape index (κ3) is 3.77. The summed E-state index contributed by atoms with van der Waals surface area (Å²) in [5.74, 6) is -0.346. The van der Waals surface area contributed by atoms with Gasteiger partial charge in [0.2, 0.25) is 0 Å². The van der Waals surface area contributed by atoms with Gasteiger partial charge in [-0.1, -0.05) is 6.92 Å². The predicted molar refractivity (Wildman–Crippen MR) is 77.6 cm³/mol. The number of methoxy groups -OCH3 is 1. The lowest BCUT2D eigenvalue weighted by Gasteiger charge is -2.22. The highest BCUT2D eigenvalue weighted by atomic mass is 16.5. The molecule has 110 valence electrons. The van der Waals surface area contributed by atoms with Crippen molar-refractivity contribution in [1.29, 1.82) is 0 Å². The topological polar surface area (TPSA) is 54.5 Å². The molecule has 0 aliphatic carbocycles. The summed E-state index contributed by atoms with van der Waals surface area (Å²) in [5, 5.41) is 3.45. The average molecular weight is 277 g/mol. The minimum atomic E-state index is -0.346. The molecule has 1 atom stereocenters. The fourth-order valence-corrected chi connectivity index (χ4v) is 2.68. The SMILES string of the molecule is CCN1CCCC1CNCc1ccc(C(=O)OC)cn1. The number of hydrogen-bond donors (Lipinski definition) is 1. The maximum Gasteiger partial charge on any atom is 0.339 e. The van der Waals surface area contributed by atoms with Crippen molar-refractivity contribution < 1.29 is 9.53 Å². The monoisotopic (exact) mass is 277 g/mol. The van der Waals surface area contributed by atoms with E-state index in [1.165, 1.54) is 26.5 Å². The number of hydrogen-bond acceptors (Lipinski definition) is 5. The molecule has 0 spiro atoms. The van der Waals surface area contributed by atoms with Crippen LogP contribution in [0.25, 0.3) is 0 Å². The van der Waals surface area contributed by atoms with E-state index in [-0.39, 0.29) is 5.97 Å². The van der Waals surface area contributed by atoms with Crippen molar-refractivity contribution in [3.05, 3.63) is 29.6 Å². The fraction of sp³-hybridized carbons (Fsp3) is 0.600. The van der Waals surface area contributed by atoms with Gasteiger partial charge in [-0.2, -0.15) is 0 Å². The van der Waals surface area contributed by atoms with Gasteiger partial charge in [-0.15, -0.1) is 0 Å². The van der Waals surface area contributed by atoms with Gasteiger partial charge >= 0.3 is 5.97 Å². The number of likely N-dealkylation sites (N-methyl/N-ethyl adjacent to an activating group) is 1. The molecule has 1 unspecified atom stereocenters. The summed E-state index contributed by atoms with van der Waals surface area (Å²) in [6.07, 6.45) is 4.14. The number of nitrogens with zero attached hydrogens (tertiary/aromatic N) is 2. The van der Waals surface area contributed by atoms with Crippen molar-refractivity contribution in [2.45, 2.75) is 32.4 Å². The highest BCUT2D eigenvalue weighted by molar-refractivity contribution is 5.88. The smallest absolute Gasteiger partial charge is 0.339 e. The van der Waals surface area contributed by atoms with Gasteiger partial charge in [-0.05, 0) is 38.1 Å². The second-order valence-corrected chi connectivity index (χ2v) is 5.09. The van der Waals surface area contributed by atoms with Crippen LogP contribution in [-0.2, 0) is 11.3 Å². The lowest BCUT2D eigenvalue weighted by molar-refractivity contribution is 0.0600. The van der Waals surface area contributed by atoms with Crippen LogP contribution < -0.4 is 5.32 Å². The quantitative estimate of drug-likeness (QED) is 0.797. The lowest BCUT2D eigenvalue weighted by Crippen LogP contribution is -2.37. The molecule has 0 bridgehead atoms. The Morgan fingerprint density at radius 2 is 2.40 bits per heavy atom. The highest BCUT2D eigenvalue weighted by Crippen LogP contribution is 2.15. The molecule has 2 rings (SSSR count). The molecule has 0 radical (unpaired) electrons. The first-order valence-electron chi connectivity index (χ1n) is 7.22. The molecule has 20 heavy (non-hydrogen) atoms. The second-order valence-electron chi connectivity index (χ2n) is 5.09. The third-order valence-electron chi connectivity index (χ3n) is 3.84. The summed E-state index contributed by atoms with van der Waals surface area (Å²) in [5.41, 5.74) is 1.43. The summed E-state index contributed by atoms with van der Waals surface area (Å²) in [6, 6.07) is 4.27. The molecule has 0 amide bonds. The number of pyridine rings is 1. The standard InChI is InChI=1S/C15H23N3O2/c1-3-18-8-4-5-14(18)11-16-10-13-7-6-12(9-17-13)15(19)20-2/h6-7,9,14,16H,3-5,8,10-11H2,1-2H3. The summed E-state index contributed by atoms with van der Waals surface area (Å²) in [4.78, 5) is 18.1. The van der Waals surface area contributed by atoms with E-state index in [9.17, 15) is 4.79 Å². The second kappa shape index (κ2) is 7.36. The van der Waals surface area contributed by atoms with Crippen LogP contribution in [0.15, 0.2) is 18.3 Å². The third-order valence-corrected chi connectivity index (χ3v) is 3.84. The van der Waals surface area contributed by atoms with Crippen molar-refractivity contribution in [2.75, 3.05) is 26.7 Å². The number of carbonyl (C=O) groups excluding carboxylic acids is 1. The Labute approximate surface area is 120 Å². The largest absolute Gasteiger partial charge is 0.465 e. The van der Waals surface area contributed by atoms with Gasteiger partial charge in [0.1, 0.15) is 0 Å². The first kappa shape index (κ1) is 14.9. The van der Waals surface area contributed by atoms with Crippen molar-refractivity contribution in [2.24, 2.45) is 0 Å². The minimum Gasteiger partial charge on any atom is -0.465 e. The van der Waals surface area contributed by atoms with Crippen molar-refractivity contribution in [3.63, 3.8) is 0 Å². The maximum absolute atomic E-state index is 11.3. The Morgan fingerprint density at radius 1 is 1.55 bits per heavy atom. The van der Waals surface area contributed by atoms with Crippen LogP contribution in [0.4, 0.5) is 0 Å². The van der Waals surface area contributed by atoms with Gasteiger partial charge in [0, 0.05) is 25.3 Å². The van der Waals surface area contributed by atoms with Gasteiger partial charge < -0.3 is 10.1 Å². The van der Waals surface area contributed by atoms with Crippen LogP contribution >= 0.6 is 0 Å². The van der Waals surface area contributed by atoms with Gasteiger partial charge in [-0.25, -0.2) is 4.79 Å². The summed E-state index contributed by atoms with van der Waals surface area (Å²) in [6.45, 7) is 6.28. The van der Waals surface area contributed by atoms with Crippen LogP contribution in [-0.4, -0.2) is 48.6 Å². The van der Waals surface area contributed by atoms with E-state index in [1.807, 2.05) is 6.07 Å². The molecule has 1 aliphatic rings. The van der Waals surface area contributed by atoms with Gasteiger partial charge in [-0.3, -0.25) is 9.88 Å². The zero-order valence-corrected chi connectivity index (χ0v) is 12.3. The molecule has 0 saturated carbocycles. The molecule has 1 saturated heterocycles. The van der Waals surface area contributed by atoms with E-state index in [2.05, 4.69) is 26.9 Å². The van der Waals surface area contributed by atoms with Gasteiger partial charge in [0.05, 0.1) is 18.4 Å². The van der Waals surface area contributed by atoms with Crippen LogP contribution in [0.2, 0.25) is 0 Å². The average Bonchev–Trinajstić information content (AvgIpc) is 2.94. The maximum atomic E-state index is 11.3. The number of rotatable bonds is 6. The number of likely N-dealkylation sites (tertiary alicyclic amines) is 1. The Kier molecular flexibility index (Phi) is 5.49. The van der Waals surface area contributed by atoms with Crippen molar-refractivity contribution in [1.82, 2.24) is 15.2 Å². The molecule has 1 fully saturated rings. The number of aromatic nitrogens is 1. The van der Waals surface area contributed by atoms with E-state index in [0.29, 0.717) is 11.6 Å². The molecule has 2 heterocycles. The Bertz CT molecular complexity index is 433. The molecule has 1 N–H and O–H groups in total. The first-order chi connectivity index (χ1) is 9.74. The highest BCUT2D eigenvalue weighted by Gasteiger charge is 2.22. The van der Waals surface area contributed by atoms with E-state index < -0.39 is 0 Å². The molecular weight excluding hydrogens is 254 g/mol. The summed E-state index contributed by atoms with van der Waals surface area (Å²) < 4.78 is 4.65. The molecule has 5 heteroatoms. The zero-order chi connectivity index (χ0) is 14.4. The van der Waals surface area contributed by atoms with Crippen molar-refractivity contribution >= 4 is 5.97 Å². The van der Waals surface area contributed by atoms with Crippen LogP contribution in [0.5, 0.6) is 0 Å². The Hall–Kier alpha value is -1.46. The van der Waals surface area contributed by atoms with Crippen LogP contribution in [0.3, 0.4) is 0 Å². The molecule has 1 aromatic heterocycles.